The lowest BCUT2D eigenvalue weighted by atomic mass is 10.0. The second kappa shape index (κ2) is 12.0. The van der Waals surface area contributed by atoms with E-state index in [2.05, 4.69) is 9.97 Å². The number of carbonyl (C=O) groups excluding carboxylic acids is 1. The maximum atomic E-state index is 15.5. The van der Waals surface area contributed by atoms with Crippen molar-refractivity contribution in [1.82, 2.24) is 14.5 Å². The van der Waals surface area contributed by atoms with E-state index < -0.39 is 23.5 Å². The molecule has 44 heavy (non-hydrogen) atoms. The van der Waals surface area contributed by atoms with E-state index in [0.717, 1.165) is 18.6 Å². The predicted molar refractivity (Wildman–Crippen MR) is 158 cm³/mol. The summed E-state index contributed by atoms with van der Waals surface area (Å²) in [5, 5.41) is 9.72. The number of carboxylic acids is 1. The molecule has 0 unspecified atom stereocenters. The number of rotatable bonds is 10. The van der Waals surface area contributed by atoms with E-state index in [4.69, 9.17) is 26.8 Å². The van der Waals surface area contributed by atoms with Gasteiger partial charge in [-0.2, -0.15) is 0 Å². The van der Waals surface area contributed by atoms with Gasteiger partial charge in [0.15, 0.2) is 0 Å². The van der Waals surface area contributed by atoms with Crippen molar-refractivity contribution in [2.75, 3.05) is 6.61 Å². The summed E-state index contributed by atoms with van der Waals surface area (Å²) < 4.78 is 44.2. The molecule has 3 N–H and O–H groups in total. The second-order valence-corrected chi connectivity index (χ2v) is 10.8. The summed E-state index contributed by atoms with van der Waals surface area (Å²) in [7, 11) is 0. The van der Waals surface area contributed by atoms with Gasteiger partial charge in [-0.25, -0.2) is 18.6 Å². The molecule has 0 saturated carbocycles. The van der Waals surface area contributed by atoms with Gasteiger partial charge in [-0.3, -0.25) is 9.78 Å². The number of ether oxygens (including phenoxy) is 2. The molecule has 0 bridgehead atoms. The minimum Gasteiger partial charge on any atom is -0.489 e. The highest BCUT2D eigenvalue weighted by Crippen LogP contribution is 2.31. The van der Waals surface area contributed by atoms with Crippen LogP contribution in [-0.2, 0) is 24.3 Å². The number of hydrogen-bond donors (Lipinski definition) is 2. The molecule has 3 heterocycles. The maximum Gasteiger partial charge on any atom is 0.335 e. The van der Waals surface area contributed by atoms with Crippen LogP contribution < -0.4 is 10.5 Å². The van der Waals surface area contributed by atoms with Crippen LogP contribution in [0.25, 0.3) is 22.2 Å². The van der Waals surface area contributed by atoms with Crippen LogP contribution in [0.15, 0.2) is 66.9 Å². The van der Waals surface area contributed by atoms with Gasteiger partial charge in [0.05, 0.1) is 34.3 Å². The quantitative estimate of drug-likeness (QED) is 0.203. The predicted octanol–water partition coefficient (Wildman–Crippen LogP) is 5.79. The fourth-order valence-electron chi connectivity index (χ4n) is 5.01. The fraction of sp³-hybridized carbons (Fsp3) is 0.188. The molecule has 1 aliphatic heterocycles. The molecule has 1 amide bonds. The number of carboxylic acid groups (broad SMARTS) is 1. The Morgan fingerprint density at radius 3 is 2.61 bits per heavy atom. The number of primary amides is 1. The Hall–Kier alpha value is -4.87. The lowest BCUT2D eigenvalue weighted by molar-refractivity contribution is -0.0589. The van der Waals surface area contributed by atoms with E-state index in [1.807, 2.05) is 4.57 Å². The molecule has 9 nitrogen and oxygen atoms in total. The average Bonchev–Trinajstić information content (AvgIpc) is 3.31. The molecular weight excluding hydrogens is 594 g/mol. The summed E-state index contributed by atoms with van der Waals surface area (Å²) in [5.74, 6) is -2.18. The van der Waals surface area contributed by atoms with E-state index in [1.54, 1.807) is 30.3 Å². The normalized spacial score (nSPS) is 14.4. The van der Waals surface area contributed by atoms with Gasteiger partial charge in [0, 0.05) is 30.4 Å². The van der Waals surface area contributed by atoms with Gasteiger partial charge in [0.1, 0.15) is 35.5 Å². The van der Waals surface area contributed by atoms with Crippen molar-refractivity contribution in [3.05, 3.63) is 112 Å². The zero-order valence-corrected chi connectivity index (χ0v) is 23.9. The average molecular weight is 619 g/mol. The summed E-state index contributed by atoms with van der Waals surface area (Å²) in [4.78, 5) is 31.4. The molecule has 1 atom stereocenters. The molecule has 0 aliphatic carbocycles. The van der Waals surface area contributed by atoms with E-state index in [9.17, 15) is 14.7 Å². The van der Waals surface area contributed by atoms with Gasteiger partial charge in [0.2, 0.25) is 0 Å². The summed E-state index contributed by atoms with van der Waals surface area (Å²) in [6.45, 7) is 1.07. The van der Waals surface area contributed by atoms with Crippen LogP contribution in [0.2, 0.25) is 5.02 Å². The number of benzene rings is 3. The van der Waals surface area contributed by atoms with Gasteiger partial charge in [0.25, 0.3) is 5.91 Å². The number of aromatic carboxylic acids is 1. The topological polar surface area (TPSA) is 130 Å². The molecule has 6 rings (SSSR count). The number of imidazole rings is 1. The largest absolute Gasteiger partial charge is 0.489 e. The fourth-order valence-corrected chi connectivity index (χ4v) is 5.21. The van der Waals surface area contributed by atoms with Gasteiger partial charge in [-0.1, -0.05) is 23.7 Å². The van der Waals surface area contributed by atoms with Crippen LogP contribution in [0.5, 0.6) is 5.75 Å². The number of nitrogens with two attached hydrogens (primary N) is 1. The minimum absolute atomic E-state index is 0.0146. The van der Waals surface area contributed by atoms with Gasteiger partial charge >= 0.3 is 5.97 Å². The van der Waals surface area contributed by atoms with E-state index in [0.29, 0.717) is 46.9 Å². The number of nitrogens with zero attached hydrogens (tertiary/aromatic N) is 3. The Morgan fingerprint density at radius 2 is 1.91 bits per heavy atom. The summed E-state index contributed by atoms with van der Waals surface area (Å²) >= 11 is 6.21. The molecule has 0 spiro atoms. The van der Waals surface area contributed by atoms with Crippen LogP contribution in [0, 0.1) is 11.6 Å². The van der Waals surface area contributed by atoms with Crippen LogP contribution in [0.1, 0.15) is 44.2 Å². The van der Waals surface area contributed by atoms with Crippen LogP contribution in [0.3, 0.4) is 0 Å². The molecule has 224 valence electrons. The number of halogens is 3. The molecule has 5 aromatic rings. The highest BCUT2D eigenvalue weighted by molar-refractivity contribution is 6.31. The van der Waals surface area contributed by atoms with Crippen LogP contribution in [0.4, 0.5) is 8.78 Å². The highest BCUT2D eigenvalue weighted by Gasteiger charge is 2.23. The third kappa shape index (κ3) is 5.97. The van der Waals surface area contributed by atoms with E-state index >= 15 is 8.78 Å². The maximum absolute atomic E-state index is 15.5. The van der Waals surface area contributed by atoms with Gasteiger partial charge in [-0.05, 0) is 66.1 Å². The van der Waals surface area contributed by atoms with Crippen molar-refractivity contribution in [2.24, 2.45) is 5.73 Å². The SMILES string of the molecule is NC(=O)c1cc(Cl)c(COc2cccc(-c3cc(F)c(Cc4nc5ccc(C(=O)O)cc5n4C[C@@H]4CCO4)cc3F)c2)cn1. The first-order valence-electron chi connectivity index (χ1n) is 13.7. The summed E-state index contributed by atoms with van der Waals surface area (Å²) in [5.41, 5.74) is 7.56. The highest BCUT2D eigenvalue weighted by atomic mass is 35.5. The summed E-state index contributed by atoms with van der Waals surface area (Å²) in [6, 6.07) is 14.8. The summed E-state index contributed by atoms with van der Waals surface area (Å²) in [6.07, 6.45) is 2.14. The monoisotopic (exact) mass is 618 g/mol. The third-order valence-corrected chi connectivity index (χ3v) is 7.81. The Morgan fingerprint density at radius 1 is 1.09 bits per heavy atom. The number of pyridine rings is 1. The lowest BCUT2D eigenvalue weighted by Gasteiger charge is -2.27. The lowest BCUT2D eigenvalue weighted by Crippen LogP contribution is -2.31. The van der Waals surface area contributed by atoms with Crippen molar-refractivity contribution in [3.8, 4) is 16.9 Å². The molecule has 0 radical (unpaired) electrons. The molecule has 1 fully saturated rings. The standard InChI is InChI=1S/C32H25ClF2N4O5/c33-24-13-28(31(36)40)37-14-20(24)16-44-21-3-1-2-17(8-21)23-12-25(34)19(9-26(23)35)11-30-38-27-5-4-18(32(41)42)10-29(27)39(30)15-22-6-7-43-22/h1-5,8-10,12-14,22H,6-7,11,15-16H2,(H2,36,40)(H,41,42)/t22-/m0/s1. The Kier molecular flexibility index (Phi) is 7.98. The Labute approximate surface area is 254 Å². The van der Waals surface area contributed by atoms with Gasteiger partial charge < -0.3 is 24.9 Å². The number of aromatic nitrogens is 3. The van der Waals surface area contributed by atoms with Crippen LogP contribution >= 0.6 is 11.6 Å². The van der Waals surface area contributed by atoms with E-state index in [-0.39, 0.29) is 46.5 Å². The molecule has 2 aromatic heterocycles. The zero-order valence-electron chi connectivity index (χ0n) is 23.1. The number of amides is 1. The van der Waals surface area contributed by atoms with Crippen molar-refractivity contribution < 1.29 is 33.0 Å². The minimum atomic E-state index is -1.07. The Bertz CT molecular complexity index is 1930. The molecule has 1 aliphatic rings. The molecule has 12 heteroatoms. The first-order chi connectivity index (χ1) is 21.2. The zero-order chi connectivity index (χ0) is 31.0. The molecule has 3 aromatic carbocycles. The number of carbonyl (C=O) groups is 2. The van der Waals surface area contributed by atoms with E-state index in [1.165, 1.54) is 24.4 Å². The number of fused-ring (bicyclic) bond motifs is 1. The molecular formula is C32H25ClF2N4O5. The van der Waals surface area contributed by atoms with Crippen LogP contribution in [-0.4, -0.2) is 44.2 Å². The van der Waals surface area contributed by atoms with Gasteiger partial charge in [-0.15, -0.1) is 0 Å². The Balaban J connectivity index is 1.25. The van der Waals surface area contributed by atoms with Crippen molar-refractivity contribution in [3.63, 3.8) is 0 Å². The second-order valence-electron chi connectivity index (χ2n) is 10.4. The molecule has 1 saturated heterocycles. The number of hydrogen-bond acceptors (Lipinski definition) is 6. The first kappa shape index (κ1) is 29.2. The van der Waals surface area contributed by atoms with Crippen molar-refractivity contribution in [1.29, 1.82) is 0 Å². The first-order valence-corrected chi connectivity index (χ1v) is 14.0. The van der Waals surface area contributed by atoms with Crippen molar-refractivity contribution >= 4 is 34.5 Å². The van der Waals surface area contributed by atoms with Crippen molar-refractivity contribution in [2.45, 2.75) is 32.1 Å². The third-order valence-electron chi connectivity index (χ3n) is 7.46. The smallest absolute Gasteiger partial charge is 0.335 e.